The number of hydrogen-bond donors (Lipinski definition) is 1. The maximum absolute atomic E-state index is 4.12. The molecule has 1 rings (SSSR count). The molecule has 1 N–H and O–H groups in total. The summed E-state index contributed by atoms with van der Waals surface area (Å²) in [5, 5.41) is 3.05. The molecule has 0 fully saturated rings. The molecule has 0 unspecified atom stereocenters. The van der Waals surface area contributed by atoms with Crippen LogP contribution in [0.1, 0.15) is 24.5 Å². The largest absolute Gasteiger partial charge is 0.394 e. The summed E-state index contributed by atoms with van der Waals surface area (Å²) in [6, 6.07) is 8.31. The Morgan fingerprint density at radius 2 is 2.00 bits per heavy atom. The zero-order valence-electron chi connectivity index (χ0n) is 11.0. The summed E-state index contributed by atoms with van der Waals surface area (Å²) in [7, 11) is 1.92. The highest BCUT2D eigenvalue weighted by molar-refractivity contribution is 5.74. The third-order valence-corrected chi connectivity index (χ3v) is 2.73. The van der Waals surface area contributed by atoms with Gasteiger partial charge in [-0.1, -0.05) is 49.9 Å². The normalized spacial score (nSPS) is 11.8. The van der Waals surface area contributed by atoms with E-state index < -0.39 is 0 Å². The lowest BCUT2D eigenvalue weighted by atomic mass is 10.0. The highest BCUT2D eigenvalue weighted by atomic mass is 14.8. The Kier molecular flexibility index (Phi) is 5.28. The molecule has 1 heteroatoms. The third-order valence-electron chi connectivity index (χ3n) is 2.73. The quantitative estimate of drug-likeness (QED) is 0.747. The monoisotopic (exact) mass is 227 g/mol. The van der Waals surface area contributed by atoms with Gasteiger partial charge in [0.25, 0.3) is 0 Å². The second-order valence-corrected chi connectivity index (χ2v) is 4.03. The van der Waals surface area contributed by atoms with Gasteiger partial charge < -0.3 is 5.32 Å². The second-order valence-electron chi connectivity index (χ2n) is 4.03. The molecule has 0 saturated heterocycles. The van der Waals surface area contributed by atoms with E-state index in [-0.39, 0.29) is 0 Å². The zero-order valence-corrected chi connectivity index (χ0v) is 11.0. The van der Waals surface area contributed by atoms with Gasteiger partial charge in [-0.3, -0.25) is 0 Å². The molecule has 0 aromatic heterocycles. The lowest BCUT2D eigenvalue weighted by molar-refractivity contribution is 1.04. The average molecular weight is 227 g/mol. The van der Waals surface area contributed by atoms with E-state index in [9.17, 15) is 0 Å². The molecular formula is C16H21N. The van der Waals surface area contributed by atoms with Gasteiger partial charge in [0, 0.05) is 7.05 Å². The molecule has 0 aliphatic heterocycles. The van der Waals surface area contributed by atoms with E-state index in [1.54, 1.807) is 0 Å². The fraction of sp³-hybridized carbons (Fsp3) is 0.250. The van der Waals surface area contributed by atoms with E-state index in [2.05, 4.69) is 50.0 Å². The summed E-state index contributed by atoms with van der Waals surface area (Å²) in [6.07, 6.45) is 7.22. The molecule has 0 aliphatic carbocycles. The molecule has 0 spiro atoms. The highest BCUT2D eigenvalue weighted by Crippen LogP contribution is 2.18. The minimum atomic E-state index is 1.01. The molecule has 0 atom stereocenters. The van der Waals surface area contributed by atoms with Gasteiger partial charge in [-0.05, 0) is 41.8 Å². The number of nitrogens with one attached hydrogen (secondary N) is 1. The van der Waals surface area contributed by atoms with Crippen molar-refractivity contribution in [2.75, 3.05) is 7.05 Å². The van der Waals surface area contributed by atoms with Crippen LogP contribution in [0.4, 0.5) is 0 Å². The molecule has 0 aliphatic rings. The van der Waals surface area contributed by atoms with Gasteiger partial charge in [0.05, 0.1) is 0 Å². The number of aryl methyl sites for hydroxylation is 1. The SMILES string of the molecule is C=C(/C=C\C(=C/NC)CC)c1ccccc1C. The lowest BCUT2D eigenvalue weighted by Crippen LogP contribution is -1.94. The van der Waals surface area contributed by atoms with Crippen molar-refractivity contribution < 1.29 is 0 Å². The maximum atomic E-state index is 4.12. The molecule has 0 amide bonds. The summed E-state index contributed by atoms with van der Waals surface area (Å²) >= 11 is 0. The summed E-state index contributed by atoms with van der Waals surface area (Å²) in [5.41, 5.74) is 4.79. The van der Waals surface area contributed by atoms with Crippen LogP contribution >= 0.6 is 0 Å². The molecule has 17 heavy (non-hydrogen) atoms. The van der Waals surface area contributed by atoms with E-state index in [1.165, 1.54) is 16.7 Å². The van der Waals surface area contributed by atoms with E-state index >= 15 is 0 Å². The topological polar surface area (TPSA) is 12.0 Å². The number of benzene rings is 1. The van der Waals surface area contributed by atoms with Gasteiger partial charge in [-0.15, -0.1) is 0 Å². The van der Waals surface area contributed by atoms with E-state index in [0.29, 0.717) is 0 Å². The van der Waals surface area contributed by atoms with E-state index in [0.717, 1.165) is 12.0 Å². The first-order chi connectivity index (χ1) is 8.19. The Balaban J connectivity index is 2.83. The van der Waals surface area contributed by atoms with Crippen LogP contribution in [0.25, 0.3) is 5.57 Å². The van der Waals surface area contributed by atoms with Crippen molar-refractivity contribution >= 4 is 5.57 Å². The fourth-order valence-electron chi connectivity index (χ4n) is 1.68. The highest BCUT2D eigenvalue weighted by Gasteiger charge is 1.98. The van der Waals surface area contributed by atoms with Crippen molar-refractivity contribution in [1.82, 2.24) is 5.32 Å². The van der Waals surface area contributed by atoms with Gasteiger partial charge >= 0.3 is 0 Å². The predicted octanol–water partition coefficient (Wildman–Crippen LogP) is 4.08. The van der Waals surface area contributed by atoms with Gasteiger partial charge in [0.15, 0.2) is 0 Å². The molecule has 1 aromatic rings. The van der Waals surface area contributed by atoms with Crippen molar-refractivity contribution in [3.05, 3.63) is 65.9 Å². The second kappa shape index (κ2) is 6.74. The van der Waals surface area contributed by atoms with Crippen molar-refractivity contribution in [3.8, 4) is 0 Å². The minimum Gasteiger partial charge on any atom is -0.394 e. The van der Waals surface area contributed by atoms with Gasteiger partial charge in [-0.25, -0.2) is 0 Å². The first-order valence-electron chi connectivity index (χ1n) is 5.98. The number of allylic oxidation sites excluding steroid dienone is 4. The van der Waals surface area contributed by atoms with Crippen LogP contribution in [0.3, 0.4) is 0 Å². The zero-order chi connectivity index (χ0) is 12.7. The fourth-order valence-corrected chi connectivity index (χ4v) is 1.68. The summed E-state index contributed by atoms with van der Waals surface area (Å²) in [6.45, 7) is 8.37. The van der Waals surface area contributed by atoms with Crippen LogP contribution in [0.5, 0.6) is 0 Å². The molecular weight excluding hydrogens is 206 g/mol. The van der Waals surface area contributed by atoms with E-state index in [1.807, 2.05) is 25.4 Å². The van der Waals surface area contributed by atoms with Gasteiger partial charge in [0.1, 0.15) is 0 Å². The summed E-state index contributed by atoms with van der Waals surface area (Å²) in [4.78, 5) is 0. The van der Waals surface area contributed by atoms with Crippen molar-refractivity contribution in [3.63, 3.8) is 0 Å². The summed E-state index contributed by atoms with van der Waals surface area (Å²) in [5.74, 6) is 0. The van der Waals surface area contributed by atoms with Gasteiger partial charge in [-0.2, -0.15) is 0 Å². The standard InChI is InChI=1S/C16H21N/c1-5-15(12-17-4)11-10-14(3)16-9-7-6-8-13(16)2/h6-12,17H,3,5H2,1-2,4H3/b11-10-,15-12-. The lowest BCUT2D eigenvalue weighted by Gasteiger charge is -2.05. The van der Waals surface area contributed by atoms with Gasteiger partial charge in [0.2, 0.25) is 0 Å². The predicted molar refractivity (Wildman–Crippen MR) is 76.8 cm³/mol. The Morgan fingerprint density at radius 1 is 1.29 bits per heavy atom. The van der Waals surface area contributed by atoms with Crippen molar-refractivity contribution in [1.29, 1.82) is 0 Å². The van der Waals surface area contributed by atoms with Crippen LogP contribution in [-0.2, 0) is 0 Å². The Labute approximate surface area is 105 Å². The number of hydrogen-bond acceptors (Lipinski definition) is 1. The molecule has 0 heterocycles. The Bertz CT molecular complexity index is 439. The first-order valence-corrected chi connectivity index (χ1v) is 5.98. The van der Waals surface area contributed by atoms with Crippen LogP contribution in [0, 0.1) is 6.92 Å². The molecule has 0 radical (unpaired) electrons. The van der Waals surface area contributed by atoms with Crippen molar-refractivity contribution in [2.45, 2.75) is 20.3 Å². The molecule has 0 bridgehead atoms. The number of rotatable bonds is 5. The minimum absolute atomic E-state index is 1.01. The Hall–Kier alpha value is -1.76. The van der Waals surface area contributed by atoms with Crippen LogP contribution in [0.15, 0.2) is 54.8 Å². The average Bonchev–Trinajstić information content (AvgIpc) is 2.34. The van der Waals surface area contributed by atoms with Crippen LogP contribution in [0.2, 0.25) is 0 Å². The smallest absolute Gasteiger partial charge is 0.00278 e. The third kappa shape index (κ3) is 3.95. The van der Waals surface area contributed by atoms with Crippen LogP contribution in [-0.4, -0.2) is 7.05 Å². The van der Waals surface area contributed by atoms with Crippen molar-refractivity contribution in [2.24, 2.45) is 0 Å². The molecule has 0 saturated carbocycles. The molecule has 1 nitrogen and oxygen atoms in total. The van der Waals surface area contributed by atoms with E-state index in [4.69, 9.17) is 0 Å². The molecule has 90 valence electrons. The maximum Gasteiger partial charge on any atom is 0.00278 e. The molecule has 1 aromatic carbocycles. The first kappa shape index (κ1) is 13.3. The summed E-state index contributed by atoms with van der Waals surface area (Å²) < 4.78 is 0. The Morgan fingerprint density at radius 3 is 2.59 bits per heavy atom. The van der Waals surface area contributed by atoms with Crippen LogP contribution < -0.4 is 5.32 Å².